The number of hydrogen-bond acceptors (Lipinski definition) is 5. The zero-order chi connectivity index (χ0) is 15.8. The van der Waals surface area contributed by atoms with Gasteiger partial charge in [0.05, 0.1) is 18.3 Å². The van der Waals surface area contributed by atoms with Gasteiger partial charge in [0.15, 0.2) is 0 Å². The molecule has 6 heteroatoms. The Bertz CT molecular complexity index is 541. The number of carbonyl (C=O) groups is 1. The first-order valence-electron chi connectivity index (χ1n) is 7.04. The lowest BCUT2D eigenvalue weighted by Crippen LogP contribution is -2.41. The second kappa shape index (κ2) is 5.42. The Kier molecular flexibility index (Phi) is 4.13. The van der Waals surface area contributed by atoms with Crippen LogP contribution in [-0.4, -0.2) is 36.2 Å². The molecule has 1 aromatic rings. The minimum absolute atomic E-state index is 0.0566. The Morgan fingerprint density at radius 3 is 2.33 bits per heavy atom. The van der Waals surface area contributed by atoms with Crippen LogP contribution in [0.15, 0.2) is 12.3 Å². The van der Waals surface area contributed by atoms with Crippen molar-refractivity contribution in [2.75, 3.05) is 7.11 Å². The molecule has 0 saturated carbocycles. The highest BCUT2D eigenvalue weighted by atomic mass is 16.7. The van der Waals surface area contributed by atoms with E-state index >= 15 is 0 Å². The molecule has 0 radical (unpaired) electrons. The van der Waals surface area contributed by atoms with Crippen LogP contribution in [0.5, 0.6) is 5.88 Å². The molecular weight excluding hydrogens is 269 g/mol. The number of methoxy groups -OCH3 is 1. The smallest absolute Gasteiger partial charge is 0.481 e. The molecule has 0 bridgehead atoms. The van der Waals surface area contributed by atoms with E-state index in [0.29, 0.717) is 5.88 Å². The van der Waals surface area contributed by atoms with Crippen molar-refractivity contribution in [2.24, 2.45) is 0 Å². The van der Waals surface area contributed by atoms with Crippen LogP contribution < -0.4 is 10.2 Å². The Balaban J connectivity index is 2.32. The fourth-order valence-corrected chi connectivity index (χ4v) is 2.20. The quantitative estimate of drug-likeness (QED) is 0.787. The van der Waals surface area contributed by atoms with E-state index in [9.17, 15) is 4.79 Å². The van der Waals surface area contributed by atoms with Crippen LogP contribution >= 0.6 is 0 Å². The van der Waals surface area contributed by atoms with Crippen molar-refractivity contribution in [1.29, 1.82) is 0 Å². The normalized spacial score (nSPS) is 19.6. The third-order valence-corrected chi connectivity index (χ3v) is 4.10. The summed E-state index contributed by atoms with van der Waals surface area (Å²) < 4.78 is 17.2. The molecule has 1 aromatic heterocycles. The van der Waals surface area contributed by atoms with E-state index in [2.05, 4.69) is 4.98 Å². The number of nitrogens with zero attached hydrogens (tertiary/aromatic N) is 1. The third kappa shape index (κ3) is 3.11. The molecule has 5 nitrogen and oxygen atoms in total. The van der Waals surface area contributed by atoms with Gasteiger partial charge >= 0.3 is 7.12 Å². The number of hydrogen-bond donors (Lipinski definition) is 0. The summed E-state index contributed by atoms with van der Waals surface area (Å²) in [7, 11) is 1.06. The number of carbonyl (C=O) groups excluding carboxylic acids is 1. The maximum absolute atomic E-state index is 11.4. The van der Waals surface area contributed by atoms with Gasteiger partial charge in [-0.25, -0.2) is 4.98 Å². The molecule has 0 aliphatic carbocycles. The van der Waals surface area contributed by atoms with E-state index in [1.807, 2.05) is 33.8 Å². The molecule has 1 aliphatic heterocycles. The predicted octanol–water partition coefficient (Wildman–Crippen LogP) is 1.52. The van der Waals surface area contributed by atoms with Crippen LogP contribution in [-0.2, 0) is 20.5 Å². The van der Waals surface area contributed by atoms with Crippen LogP contribution in [0, 0.1) is 0 Å². The van der Waals surface area contributed by atoms with Crippen LogP contribution in [0.4, 0.5) is 0 Å². The van der Waals surface area contributed by atoms with Gasteiger partial charge in [0.1, 0.15) is 5.78 Å². The Labute approximate surface area is 126 Å². The summed E-state index contributed by atoms with van der Waals surface area (Å²) in [4.78, 5) is 15.6. The summed E-state index contributed by atoms with van der Waals surface area (Å²) in [6.07, 6.45) is 1.95. The van der Waals surface area contributed by atoms with Crippen LogP contribution in [0.1, 0.15) is 40.2 Å². The second-order valence-corrected chi connectivity index (χ2v) is 6.40. The number of ether oxygens (including phenoxy) is 1. The van der Waals surface area contributed by atoms with Crippen LogP contribution in [0.3, 0.4) is 0 Å². The minimum atomic E-state index is -0.487. The lowest BCUT2D eigenvalue weighted by Gasteiger charge is -2.32. The lowest BCUT2D eigenvalue weighted by atomic mass is 9.79. The summed E-state index contributed by atoms with van der Waals surface area (Å²) in [5, 5.41) is 0. The van der Waals surface area contributed by atoms with E-state index in [1.54, 1.807) is 20.2 Å². The molecule has 2 rings (SSSR count). The fraction of sp³-hybridized carbons (Fsp3) is 0.600. The molecule has 0 N–H and O–H groups in total. The van der Waals surface area contributed by atoms with E-state index in [0.717, 1.165) is 11.0 Å². The summed E-state index contributed by atoms with van der Waals surface area (Å²) in [5.41, 5.74) is 0.736. The lowest BCUT2D eigenvalue weighted by molar-refractivity contribution is -0.116. The highest BCUT2D eigenvalue weighted by molar-refractivity contribution is 6.62. The maximum Gasteiger partial charge on any atom is 0.496 e. The van der Waals surface area contributed by atoms with E-state index in [4.69, 9.17) is 14.0 Å². The van der Waals surface area contributed by atoms with Gasteiger partial charge in [-0.3, -0.25) is 4.79 Å². The van der Waals surface area contributed by atoms with Crippen molar-refractivity contribution in [1.82, 2.24) is 4.98 Å². The molecule has 0 unspecified atom stereocenters. The second-order valence-electron chi connectivity index (χ2n) is 6.40. The Morgan fingerprint density at radius 1 is 1.29 bits per heavy atom. The Hall–Kier alpha value is -1.40. The summed E-state index contributed by atoms with van der Waals surface area (Å²) >= 11 is 0. The number of aromatic nitrogens is 1. The number of Topliss-reactive ketones (excluding diaryl/α,β-unsaturated/α-hetero) is 1. The molecule has 0 amide bonds. The van der Waals surface area contributed by atoms with Gasteiger partial charge in [-0.05, 0) is 34.6 Å². The molecule has 114 valence electrons. The van der Waals surface area contributed by atoms with Crippen molar-refractivity contribution in [3.05, 3.63) is 17.8 Å². The van der Waals surface area contributed by atoms with Gasteiger partial charge in [0.2, 0.25) is 5.88 Å². The number of rotatable bonds is 4. The summed E-state index contributed by atoms with van der Waals surface area (Å²) in [6.45, 7) is 9.54. The van der Waals surface area contributed by atoms with Crippen LogP contribution in [0.25, 0.3) is 0 Å². The standard InChI is InChI=1S/C15H22BNO4/c1-10(18)7-11-8-12(9-17-13(11)19-6)16-20-14(2,3)15(4,5)21-16/h8-9H,7H2,1-6H3. The van der Waals surface area contributed by atoms with Crippen molar-refractivity contribution in [3.8, 4) is 5.88 Å². The highest BCUT2D eigenvalue weighted by Crippen LogP contribution is 2.36. The molecule has 0 atom stereocenters. The zero-order valence-electron chi connectivity index (χ0n) is 13.5. The molecule has 1 saturated heterocycles. The molecule has 0 spiro atoms. The van der Waals surface area contributed by atoms with Crippen LogP contribution in [0.2, 0.25) is 0 Å². The van der Waals surface area contributed by atoms with Gasteiger partial charge in [-0.1, -0.05) is 6.07 Å². The zero-order valence-corrected chi connectivity index (χ0v) is 13.5. The molecule has 1 fully saturated rings. The van der Waals surface area contributed by atoms with E-state index < -0.39 is 18.3 Å². The number of pyridine rings is 1. The number of ketones is 1. The van der Waals surface area contributed by atoms with Gasteiger partial charge in [0.25, 0.3) is 0 Å². The summed E-state index contributed by atoms with van der Waals surface area (Å²) in [6, 6.07) is 1.87. The van der Waals surface area contributed by atoms with Gasteiger partial charge in [-0.2, -0.15) is 0 Å². The van der Waals surface area contributed by atoms with E-state index in [-0.39, 0.29) is 12.2 Å². The van der Waals surface area contributed by atoms with Crippen molar-refractivity contribution >= 4 is 18.4 Å². The Morgan fingerprint density at radius 2 is 1.86 bits per heavy atom. The topological polar surface area (TPSA) is 57.6 Å². The molecule has 21 heavy (non-hydrogen) atoms. The third-order valence-electron chi connectivity index (χ3n) is 4.10. The largest absolute Gasteiger partial charge is 0.496 e. The van der Waals surface area contributed by atoms with Crippen molar-refractivity contribution < 1.29 is 18.8 Å². The average Bonchev–Trinajstić information content (AvgIpc) is 2.57. The highest BCUT2D eigenvalue weighted by Gasteiger charge is 2.51. The first-order valence-corrected chi connectivity index (χ1v) is 7.04. The molecular formula is C15H22BNO4. The fourth-order valence-electron chi connectivity index (χ4n) is 2.20. The summed E-state index contributed by atoms with van der Waals surface area (Å²) in [5.74, 6) is 0.520. The average molecular weight is 291 g/mol. The van der Waals surface area contributed by atoms with Crippen molar-refractivity contribution in [2.45, 2.75) is 52.2 Å². The molecule has 2 heterocycles. The van der Waals surface area contributed by atoms with Gasteiger partial charge < -0.3 is 14.0 Å². The van der Waals surface area contributed by atoms with Gasteiger partial charge in [-0.15, -0.1) is 0 Å². The predicted molar refractivity (Wildman–Crippen MR) is 80.9 cm³/mol. The minimum Gasteiger partial charge on any atom is -0.481 e. The monoisotopic (exact) mass is 291 g/mol. The first kappa shape index (κ1) is 16.0. The van der Waals surface area contributed by atoms with Gasteiger partial charge in [0, 0.05) is 23.6 Å². The molecule has 0 aromatic carbocycles. The molecule has 1 aliphatic rings. The maximum atomic E-state index is 11.4. The van der Waals surface area contributed by atoms with E-state index in [1.165, 1.54) is 0 Å². The van der Waals surface area contributed by atoms with Crippen molar-refractivity contribution in [3.63, 3.8) is 0 Å². The first-order chi connectivity index (χ1) is 9.66. The SMILES string of the molecule is COc1ncc(B2OC(C)(C)C(C)(C)O2)cc1CC(C)=O.